The Hall–Kier alpha value is -6.02. The van der Waals surface area contributed by atoms with Crippen molar-refractivity contribution in [3.8, 4) is 16.9 Å². The van der Waals surface area contributed by atoms with Crippen LogP contribution in [-0.4, -0.2) is 40.3 Å². The Labute approximate surface area is 273 Å². The van der Waals surface area contributed by atoms with Crippen LogP contribution in [0.25, 0.3) is 11.1 Å². The van der Waals surface area contributed by atoms with Gasteiger partial charge in [0.15, 0.2) is 0 Å². The minimum atomic E-state index is -1.16. The van der Waals surface area contributed by atoms with Crippen LogP contribution in [0, 0.1) is 13.8 Å². The van der Waals surface area contributed by atoms with E-state index in [4.69, 9.17) is 4.74 Å². The topological polar surface area (TPSA) is 113 Å². The highest BCUT2D eigenvalue weighted by atomic mass is 16.5. The van der Waals surface area contributed by atoms with Gasteiger partial charge in [0.1, 0.15) is 12.3 Å². The first kappa shape index (κ1) is 32.4. The molecule has 0 fully saturated rings. The maximum atomic E-state index is 13.3. The smallest absolute Gasteiger partial charge is 0.343 e. The Bertz CT molecular complexity index is 1860. The molecule has 8 heteroatoms. The summed E-state index contributed by atoms with van der Waals surface area (Å²) in [6, 6.07) is 35.9. The SMILES string of the molecule is Cc1ccc(CC(=O)Nc2ccc(C(=O)N(CC(=O)O)Cc3ccc(OC(=O)c4ccc(-c5ccc(C)cc5)cc4)cc3)cc2)cc1. The van der Waals surface area contributed by atoms with E-state index in [-0.39, 0.29) is 24.4 Å². The maximum absolute atomic E-state index is 13.3. The van der Waals surface area contributed by atoms with Crippen LogP contribution >= 0.6 is 0 Å². The zero-order chi connectivity index (χ0) is 33.3. The molecule has 5 aromatic carbocycles. The number of carboxylic acids is 1. The van der Waals surface area contributed by atoms with Crippen molar-refractivity contribution in [2.75, 3.05) is 11.9 Å². The van der Waals surface area contributed by atoms with Crippen LogP contribution in [0.4, 0.5) is 5.69 Å². The molecule has 5 rings (SSSR count). The van der Waals surface area contributed by atoms with E-state index in [0.29, 0.717) is 22.6 Å². The summed E-state index contributed by atoms with van der Waals surface area (Å²) < 4.78 is 5.54. The average molecular weight is 627 g/mol. The molecular weight excluding hydrogens is 592 g/mol. The molecule has 0 aromatic heterocycles. The van der Waals surface area contributed by atoms with E-state index < -0.39 is 24.4 Å². The van der Waals surface area contributed by atoms with Gasteiger partial charge in [-0.2, -0.15) is 0 Å². The Morgan fingerprint density at radius 3 is 1.72 bits per heavy atom. The van der Waals surface area contributed by atoms with Crippen LogP contribution in [0.5, 0.6) is 5.75 Å². The third kappa shape index (κ3) is 9.02. The fourth-order valence-electron chi connectivity index (χ4n) is 4.93. The minimum Gasteiger partial charge on any atom is -0.480 e. The quantitative estimate of drug-likeness (QED) is 0.120. The minimum absolute atomic E-state index is 0.0227. The third-order valence-electron chi connectivity index (χ3n) is 7.53. The Morgan fingerprint density at radius 1 is 0.638 bits per heavy atom. The van der Waals surface area contributed by atoms with Gasteiger partial charge in [0.25, 0.3) is 5.91 Å². The van der Waals surface area contributed by atoms with E-state index in [2.05, 4.69) is 5.32 Å². The van der Waals surface area contributed by atoms with Crippen molar-refractivity contribution in [1.82, 2.24) is 4.90 Å². The van der Waals surface area contributed by atoms with Crippen LogP contribution < -0.4 is 10.1 Å². The lowest BCUT2D eigenvalue weighted by Gasteiger charge is -2.21. The Balaban J connectivity index is 1.18. The van der Waals surface area contributed by atoms with Gasteiger partial charge in [-0.25, -0.2) is 4.79 Å². The highest BCUT2D eigenvalue weighted by molar-refractivity contribution is 5.97. The van der Waals surface area contributed by atoms with Crippen molar-refractivity contribution in [2.45, 2.75) is 26.8 Å². The molecule has 0 saturated heterocycles. The molecule has 0 aliphatic rings. The molecule has 0 bridgehead atoms. The fourth-order valence-corrected chi connectivity index (χ4v) is 4.93. The molecule has 8 nitrogen and oxygen atoms in total. The van der Waals surface area contributed by atoms with Crippen molar-refractivity contribution in [3.05, 3.63) is 155 Å². The van der Waals surface area contributed by atoms with Crippen molar-refractivity contribution in [3.63, 3.8) is 0 Å². The number of nitrogens with zero attached hydrogens (tertiary/aromatic N) is 1. The lowest BCUT2D eigenvalue weighted by Crippen LogP contribution is -2.35. The number of carboxylic acid groups (broad SMARTS) is 1. The number of carbonyl (C=O) groups excluding carboxylic acids is 3. The predicted molar refractivity (Wildman–Crippen MR) is 180 cm³/mol. The van der Waals surface area contributed by atoms with Crippen LogP contribution in [0.1, 0.15) is 43.0 Å². The second kappa shape index (κ2) is 14.8. The fraction of sp³-hybridized carbons (Fsp3) is 0.128. The van der Waals surface area contributed by atoms with E-state index in [9.17, 15) is 24.3 Å². The molecule has 2 amide bonds. The summed E-state index contributed by atoms with van der Waals surface area (Å²) in [7, 11) is 0. The number of esters is 1. The van der Waals surface area contributed by atoms with E-state index in [1.165, 1.54) is 10.5 Å². The largest absolute Gasteiger partial charge is 0.480 e. The van der Waals surface area contributed by atoms with E-state index in [1.54, 1.807) is 60.7 Å². The summed E-state index contributed by atoms with van der Waals surface area (Å²) in [4.78, 5) is 51.3. The van der Waals surface area contributed by atoms with Gasteiger partial charge in [0.2, 0.25) is 5.91 Å². The predicted octanol–water partition coefficient (Wildman–Crippen LogP) is 7.10. The van der Waals surface area contributed by atoms with Gasteiger partial charge in [0.05, 0.1) is 12.0 Å². The number of hydrogen-bond acceptors (Lipinski definition) is 5. The van der Waals surface area contributed by atoms with E-state index in [0.717, 1.165) is 22.3 Å². The molecular formula is C39H34N2O6. The molecule has 0 heterocycles. The molecule has 0 unspecified atom stereocenters. The molecule has 0 spiro atoms. The first-order valence-electron chi connectivity index (χ1n) is 15.1. The maximum Gasteiger partial charge on any atom is 0.343 e. The second-order valence-corrected chi connectivity index (χ2v) is 11.3. The number of nitrogens with one attached hydrogen (secondary N) is 1. The molecule has 5 aromatic rings. The number of rotatable bonds is 11. The number of benzene rings is 5. The molecule has 0 atom stereocenters. The van der Waals surface area contributed by atoms with Gasteiger partial charge in [0, 0.05) is 17.8 Å². The highest BCUT2D eigenvalue weighted by Crippen LogP contribution is 2.22. The zero-order valence-electron chi connectivity index (χ0n) is 26.1. The molecule has 236 valence electrons. The van der Waals surface area contributed by atoms with Crippen molar-refractivity contribution in [1.29, 1.82) is 0 Å². The number of amides is 2. The third-order valence-corrected chi connectivity index (χ3v) is 7.53. The highest BCUT2D eigenvalue weighted by Gasteiger charge is 2.20. The van der Waals surface area contributed by atoms with Crippen LogP contribution in [0.2, 0.25) is 0 Å². The normalized spacial score (nSPS) is 10.6. The van der Waals surface area contributed by atoms with Crippen molar-refractivity contribution < 1.29 is 29.0 Å². The van der Waals surface area contributed by atoms with Crippen molar-refractivity contribution in [2.24, 2.45) is 0 Å². The molecule has 0 saturated carbocycles. The number of aryl methyl sites for hydroxylation is 2. The van der Waals surface area contributed by atoms with Gasteiger partial charge in [-0.1, -0.05) is 83.9 Å². The Kier molecular flexibility index (Phi) is 10.2. The van der Waals surface area contributed by atoms with Crippen molar-refractivity contribution >= 4 is 29.4 Å². The number of ether oxygens (including phenoxy) is 1. The van der Waals surface area contributed by atoms with Crippen LogP contribution in [-0.2, 0) is 22.6 Å². The Morgan fingerprint density at radius 2 is 1.15 bits per heavy atom. The van der Waals surface area contributed by atoms with Crippen LogP contribution in [0.15, 0.2) is 121 Å². The van der Waals surface area contributed by atoms with Gasteiger partial charge in [-0.15, -0.1) is 0 Å². The number of hydrogen-bond donors (Lipinski definition) is 2. The first-order valence-corrected chi connectivity index (χ1v) is 15.1. The number of aliphatic carboxylic acids is 1. The van der Waals surface area contributed by atoms with E-state index >= 15 is 0 Å². The summed E-state index contributed by atoms with van der Waals surface area (Å²) in [6.45, 7) is 3.52. The molecule has 0 radical (unpaired) electrons. The molecule has 0 aliphatic heterocycles. The van der Waals surface area contributed by atoms with E-state index in [1.807, 2.05) is 74.5 Å². The van der Waals surface area contributed by atoms with Gasteiger partial charge in [-0.3, -0.25) is 14.4 Å². The number of carbonyl (C=O) groups is 4. The molecule has 47 heavy (non-hydrogen) atoms. The summed E-state index contributed by atoms with van der Waals surface area (Å²) in [5.74, 6) is -2.01. The first-order chi connectivity index (χ1) is 22.6. The molecule has 2 N–H and O–H groups in total. The lowest BCUT2D eigenvalue weighted by molar-refractivity contribution is -0.137. The standard InChI is InChI=1S/C39H34N2O6/c1-26-3-7-28(8-4-26)23-36(42)40-34-19-17-32(18-20-34)38(45)41(25-37(43)44)24-29-9-21-35(22-10-29)47-39(46)33-15-13-31(14-16-33)30-11-5-27(2)6-12-30/h3-22H,23-25H2,1-2H3,(H,40,42)(H,43,44). The van der Waals surface area contributed by atoms with Gasteiger partial charge < -0.3 is 20.1 Å². The summed E-state index contributed by atoms with van der Waals surface area (Å²) >= 11 is 0. The molecule has 0 aliphatic carbocycles. The van der Waals surface area contributed by atoms with Gasteiger partial charge in [-0.05, 0) is 84.6 Å². The summed E-state index contributed by atoms with van der Waals surface area (Å²) in [5, 5.41) is 12.3. The summed E-state index contributed by atoms with van der Waals surface area (Å²) in [6.07, 6.45) is 0.215. The van der Waals surface area contributed by atoms with Gasteiger partial charge >= 0.3 is 11.9 Å². The number of anilines is 1. The average Bonchev–Trinajstić information content (AvgIpc) is 3.06. The zero-order valence-corrected chi connectivity index (χ0v) is 26.1. The summed E-state index contributed by atoms with van der Waals surface area (Å²) in [5.41, 5.74) is 7.07. The second-order valence-electron chi connectivity index (χ2n) is 11.3. The van der Waals surface area contributed by atoms with Crippen LogP contribution in [0.3, 0.4) is 0 Å². The lowest BCUT2D eigenvalue weighted by atomic mass is 10.0. The monoisotopic (exact) mass is 626 g/mol.